The van der Waals surface area contributed by atoms with Gasteiger partial charge >= 0.3 is 0 Å². The zero-order valence-electron chi connectivity index (χ0n) is 24.5. The van der Waals surface area contributed by atoms with Gasteiger partial charge in [0.05, 0.1) is 28.6 Å². The minimum Gasteiger partial charge on any atom is -0.309 e. The number of para-hydroxylation sites is 1. The van der Waals surface area contributed by atoms with Crippen molar-refractivity contribution in [3.8, 4) is 17.2 Å². The van der Waals surface area contributed by atoms with Crippen molar-refractivity contribution in [3.05, 3.63) is 107 Å². The monoisotopic (exact) mass is 569 g/mol. The summed E-state index contributed by atoms with van der Waals surface area (Å²) < 4.78 is 1.55. The average Bonchev–Trinajstić information content (AvgIpc) is 3.51. The minimum atomic E-state index is -0.787. The van der Waals surface area contributed by atoms with Gasteiger partial charge in [-0.2, -0.15) is 5.26 Å². The van der Waals surface area contributed by atoms with Crippen LogP contribution in [0.5, 0.6) is 0 Å². The normalized spacial score (nSPS) is 23.8. The van der Waals surface area contributed by atoms with Gasteiger partial charge in [0.1, 0.15) is 18.0 Å². The quantitative estimate of drug-likeness (QED) is 0.298. The molecule has 0 N–H and O–H groups in total. The number of hydrogen-bond donors (Lipinski definition) is 0. The van der Waals surface area contributed by atoms with Gasteiger partial charge in [-0.15, -0.1) is 6.58 Å². The fraction of sp³-hybridized carbons (Fsp3) is 0.286. The van der Waals surface area contributed by atoms with Crippen molar-refractivity contribution in [2.24, 2.45) is 5.41 Å². The lowest BCUT2D eigenvalue weighted by molar-refractivity contribution is -0.141. The van der Waals surface area contributed by atoms with Crippen LogP contribution in [0.2, 0.25) is 0 Å². The van der Waals surface area contributed by atoms with Crippen LogP contribution >= 0.6 is 0 Å². The molecule has 0 saturated carbocycles. The molecule has 0 unspecified atom stereocenters. The maximum atomic E-state index is 14.4. The first-order valence-corrected chi connectivity index (χ1v) is 14.5. The third-order valence-corrected chi connectivity index (χ3v) is 10.0. The molecule has 2 amide bonds. The van der Waals surface area contributed by atoms with E-state index in [9.17, 15) is 19.6 Å². The number of carbonyl (C=O) groups is 2. The molecule has 3 aromatic carbocycles. The van der Waals surface area contributed by atoms with E-state index in [-0.39, 0.29) is 17.4 Å². The first-order valence-electron chi connectivity index (χ1n) is 14.5. The molecule has 0 aliphatic carbocycles. The fourth-order valence-corrected chi connectivity index (χ4v) is 7.72. The van der Waals surface area contributed by atoms with Crippen molar-refractivity contribution >= 4 is 28.4 Å². The lowest BCUT2D eigenvalue weighted by Crippen LogP contribution is -2.59. The summed E-state index contributed by atoms with van der Waals surface area (Å²) in [5.74, 6) is 0.155. The molecular formula is C35H31N5O3. The smallest absolute Gasteiger partial charge is 0.262 e. The minimum absolute atomic E-state index is 0.172. The summed E-state index contributed by atoms with van der Waals surface area (Å²) >= 11 is 0. The van der Waals surface area contributed by atoms with Gasteiger partial charge in [0.25, 0.3) is 5.56 Å². The molecule has 1 saturated heterocycles. The van der Waals surface area contributed by atoms with Gasteiger partial charge in [-0.1, -0.05) is 50.3 Å². The number of aromatic nitrogens is 2. The van der Waals surface area contributed by atoms with E-state index < -0.39 is 29.1 Å². The number of nitrogens with zero attached hydrogens (tertiary/aromatic N) is 5. The second-order valence-electron chi connectivity index (χ2n) is 12.4. The zero-order valence-corrected chi connectivity index (χ0v) is 24.5. The van der Waals surface area contributed by atoms with E-state index in [1.165, 1.54) is 6.92 Å². The molecule has 0 radical (unpaired) electrons. The van der Waals surface area contributed by atoms with Gasteiger partial charge in [-0.25, -0.2) is 4.98 Å². The first-order chi connectivity index (χ1) is 20.6. The summed E-state index contributed by atoms with van der Waals surface area (Å²) in [6, 6.07) is 21.5. The van der Waals surface area contributed by atoms with Crippen molar-refractivity contribution in [1.82, 2.24) is 14.5 Å². The number of anilines is 1. The summed E-state index contributed by atoms with van der Waals surface area (Å²) in [7, 11) is 0. The van der Waals surface area contributed by atoms with Crippen LogP contribution in [0.25, 0.3) is 22.0 Å². The number of benzene rings is 3. The van der Waals surface area contributed by atoms with E-state index in [0.717, 1.165) is 22.4 Å². The number of carbonyl (C=O) groups excluding carboxylic acids is 2. The maximum Gasteiger partial charge on any atom is 0.262 e. The molecule has 7 rings (SSSR count). The highest BCUT2D eigenvalue weighted by molar-refractivity contribution is 5.98. The first kappa shape index (κ1) is 26.8. The van der Waals surface area contributed by atoms with Crippen LogP contribution in [-0.4, -0.2) is 32.4 Å². The van der Waals surface area contributed by atoms with Crippen molar-refractivity contribution < 1.29 is 9.59 Å². The SMILES string of the molecule is C=CC(C)(C)[C@@]12C[C@H]3c4nc5ccccc5c(=O)n4[C@H](C)C(=O)N3[C@@H]1N(C(C)=O)c1ccc(-c3ccc(C#N)cc3)cc12. The third kappa shape index (κ3) is 3.36. The van der Waals surface area contributed by atoms with Crippen LogP contribution in [0, 0.1) is 16.7 Å². The highest BCUT2D eigenvalue weighted by Gasteiger charge is 2.69. The Hall–Kier alpha value is -5.03. The Kier molecular flexibility index (Phi) is 5.61. The number of amides is 2. The molecule has 214 valence electrons. The molecule has 8 heteroatoms. The summed E-state index contributed by atoms with van der Waals surface area (Å²) in [6.07, 6.45) is 1.73. The molecule has 4 atom stereocenters. The van der Waals surface area contributed by atoms with Gasteiger partial charge in [0, 0.05) is 18.0 Å². The zero-order chi connectivity index (χ0) is 30.4. The fourth-order valence-electron chi connectivity index (χ4n) is 7.72. The highest BCUT2D eigenvalue weighted by atomic mass is 16.2. The molecule has 0 bridgehead atoms. The van der Waals surface area contributed by atoms with Crippen molar-refractivity contribution in [2.75, 3.05) is 4.90 Å². The summed E-state index contributed by atoms with van der Waals surface area (Å²) in [5.41, 5.74) is 3.19. The standard InChI is InChI=1S/C35H31N5O3/c1-6-34(4,5)35-18-29-30-37-27-10-8-7-9-25(27)32(43)38(30)20(2)31(42)40(29)33(35)39(21(3)41)28-16-15-24(17-26(28)35)23-13-11-22(19-36)12-14-23/h6-17,20,29,33H,1,18H2,2-5H3/t20-,29+,33+,35-/m1/s1. The van der Waals surface area contributed by atoms with Crippen LogP contribution in [0.3, 0.4) is 0 Å². The predicted octanol–water partition coefficient (Wildman–Crippen LogP) is 5.63. The van der Waals surface area contributed by atoms with E-state index in [1.807, 2.05) is 47.4 Å². The lowest BCUT2D eigenvalue weighted by atomic mass is 9.60. The Bertz CT molecular complexity index is 1990. The maximum absolute atomic E-state index is 14.4. The summed E-state index contributed by atoms with van der Waals surface area (Å²) in [4.78, 5) is 50.2. The topological polar surface area (TPSA) is 99.3 Å². The molecule has 4 aromatic rings. The molecule has 8 nitrogen and oxygen atoms in total. The van der Waals surface area contributed by atoms with Gasteiger partial charge in [-0.05, 0) is 71.8 Å². The Morgan fingerprint density at radius 3 is 2.47 bits per heavy atom. The second-order valence-corrected chi connectivity index (χ2v) is 12.4. The van der Waals surface area contributed by atoms with E-state index in [0.29, 0.717) is 28.7 Å². The molecular weight excluding hydrogens is 538 g/mol. The highest BCUT2D eigenvalue weighted by Crippen LogP contribution is 2.66. The molecule has 3 aliphatic rings. The van der Waals surface area contributed by atoms with Crippen LogP contribution in [0.4, 0.5) is 5.69 Å². The van der Waals surface area contributed by atoms with E-state index in [1.54, 1.807) is 40.7 Å². The predicted molar refractivity (Wildman–Crippen MR) is 164 cm³/mol. The Balaban J connectivity index is 1.51. The summed E-state index contributed by atoms with van der Waals surface area (Å²) in [6.45, 7) is 11.7. The van der Waals surface area contributed by atoms with E-state index in [4.69, 9.17) is 4.98 Å². The number of allylic oxidation sites excluding steroid dienone is 1. The number of fused-ring (bicyclic) bond motifs is 8. The van der Waals surface area contributed by atoms with Crippen molar-refractivity contribution in [1.29, 1.82) is 5.26 Å². The molecule has 3 aliphatic heterocycles. The molecule has 4 heterocycles. The Labute approximate surface area is 249 Å². The summed E-state index contributed by atoms with van der Waals surface area (Å²) in [5, 5.41) is 9.77. The molecule has 43 heavy (non-hydrogen) atoms. The molecule has 0 spiro atoms. The third-order valence-electron chi connectivity index (χ3n) is 10.0. The Morgan fingerprint density at radius 2 is 1.79 bits per heavy atom. The van der Waals surface area contributed by atoms with Crippen molar-refractivity contribution in [3.63, 3.8) is 0 Å². The number of nitriles is 1. The Morgan fingerprint density at radius 1 is 1.09 bits per heavy atom. The van der Waals surface area contributed by atoms with Crippen LogP contribution < -0.4 is 10.5 Å². The van der Waals surface area contributed by atoms with Gasteiger partial charge < -0.3 is 4.90 Å². The van der Waals surface area contributed by atoms with E-state index >= 15 is 0 Å². The average molecular weight is 570 g/mol. The second kappa shape index (κ2) is 8.98. The van der Waals surface area contributed by atoms with Crippen LogP contribution in [0.15, 0.2) is 84.2 Å². The number of hydrogen-bond acceptors (Lipinski definition) is 5. The van der Waals surface area contributed by atoms with Gasteiger partial charge in [0.2, 0.25) is 11.8 Å². The van der Waals surface area contributed by atoms with Gasteiger partial charge in [-0.3, -0.25) is 23.9 Å². The molecule has 1 fully saturated rings. The molecule has 1 aromatic heterocycles. The van der Waals surface area contributed by atoms with E-state index in [2.05, 4.69) is 32.6 Å². The lowest BCUT2D eigenvalue weighted by Gasteiger charge is -2.46. The van der Waals surface area contributed by atoms with Crippen molar-refractivity contribution in [2.45, 2.75) is 57.8 Å². The van der Waals surface area contributed by atoms with Gasteiger partial charge in [0.15, 0.2) is 0 Å². The van der Waals surface area contributed by atoms with Crippen LogP contribution in [-0.2, 0) is 15.0 Å². The largest absolute Gasteiger partial charge is 0.309 e. The number of rotatable bonds is 3. The van der Waals surface area contributed by atoms with Crippen LogP contribution in [0.1, 0.15) is 63.2 Å².